The Kier molecular flexibility index (Phi) is 3.14. The first-order valence-electron chi connectivity index (χ1n) is 7.44. The van der Waals surface area contributed by atoms with Crippen molar-refractivity contribution in [1.82, 2.24) is 0 Å². The minimum atomic E-state index is 0.317. The summed E-state index contributed by atoms with van der Waals surface area (Å²) in [5.41, 5.74) is 7.45. The van der Waals surface area contributed by atoms with Crippen LogP contribution < -0.4 is 5.73 Å². The molecule has 0 aliphatic heterocycles. The van der Waals surface area contributed by atoms with Crippen LogP contribution in [0, 0.1) is 34.5 Å². The topological polar surface area (TPSA) is 26.0 Å². The Labute approximate surface area is 108 Å². The maximum atomic E-state index is 6.72. The van der Waals surface area contributed by atoms with Gasteiger partial charge in [0.1, 0.15) is 0 Å². The normalized spacial score (nSPS) is 43.8. The van der Waals surface area contributed by atoms with Gasteiger partial charge in [0.25, 0.3) is 0 Å². The van der Waals surface area contributed by atoms with E-state index < -0.39 is 0 Å². The van der Waals surface area contributed by atoms with Crippen LogP contribution in [-0.2, 0) is 0 Å². The van der Waals surface area contributed by atoms with Crippen molar-refractivity contribution in [2.45, 2.75) is 66.8 Å². The molecular weight excluding hydrogens is 206 g/mol. The zero-order valence-electron chi connectivity index (χ0n) is 12.6. The molecule has 2 aliphatic rings. The van der Waals surface area contributed by atoms with E-state index >= 15 is 0 Å². The number of fused-ring (bicyclic) bond motifs is 2. The number of nitrogens with two attached hydrogens (primary N) is 1. The molecule has 0 amide bonds. The van der Waals surface area contributed by atoms with E-state index in [1.165, 1.54) is 19.3 Å². The molecule has 2 fully saturated rings. The van der Waals surface area contributed by atoms with Crippen LogP contribution in [0.3, 0.4) is 0 Å². The third kappa shape index (κ3) is 1.85. The van der Waals surface area contributed by atoms with E-state index in [1.54, 1.807) is 0 Å². The maximum Gasteiger partial charge on any atom is 0.0129 e. The first-order chi connectivity index (χ1) is 7.69. The molecule has 4 atom stereocenters. The highest BCUT2D eigenvalue weighted by Crippen LogP contribution is 2.59. The van der Waals surface area contributed by atoms with Crippen LogP contribution in [0.15, 0.2) is 0 Å². The van der Waals surface area contributed by atoms with Gasteiger partial charge in [-0.3, -0.25) is 0 Å². The molecule has 0 radical (unpaired) electrons. The highest BCUT2D eigenvalue weighted by Gasteiger charge is 2.54. The lowest BCUT2D eigenvalue weighted by atomic mass is 9.59. The molecule has 2 aliphatic carbocycles. The third-order valence-corrected chi connectivity index (χ3v) is 6.36. The Morgan fingerprint density at radius 3 is 1.88 bits per heavy atom. The second-order valence-electron chi connectivity index (χ2n) is 8.15. The Morgan fingerprint density at radius 2 is 1.41 bits per heavy atom. The van der Waals surface area contributed by atoms with Crippen molar-refractivity contribution in [2.75, 3.05) is 0 Å². The van der Waals surface area contributed by atoms with Crippen molar-refractivity contribution < 1.29 is 0 Å². The molecule has 2 bridgehead atoms. The molecule has 2 rings (SSSR count). The van der Waals surface area contributed by atoms with Gasteiger partial charge in [0.15, 0.2) is 0 Å². The molecule has 1 nitrogen and oxygen atoms in total. The molecule has 0 aromatic rings. The third-order valence-electron chi connectivity index (χ3n) is 6.36. The molecule has 0 spiro atoms. The van der Waals surface area contributed by atoms with Crippen LogP contribution in [0.1, 0.15) is 60.8 Å². The Bertz CT molecular complexity index is 290. The molecule has 0 saturated heterocycles. The first kappa shape index (κ1) is 13.4. The zero-order chi connectivity index (χ0) is 13.0. The van der Waals surface area contributed by atoms with Gasteiger partial charge in [-0.05, 0) is 53.8 Å². The summed E-state index contributed by atoms with van der Waals surface area (Å²) in [5, 5.41) is 0. The summed E-state index contributed by atoms with van der Waals surface area (Å²) < 4.78 is 0. The predicted molar refractivity (Wildman–Crippen MR) is 74.7 cm³/mol. The van der Waals surface area contributed by atoms with Crippen molar-refractivity contribution in [3.63, 3.8) is 0 Å². The molecular formula is C16H31N. The van der Waals surface area contributed by atoms with Crippen LogP contribution in [0.5, 0.6) is 0 Å². The lowest BCUT2D eigenvalue weighted by Crippen LogP contribution is -2.52. The number of hydrogen-bond acceptors (Lipinski definition) is 1. The summed E-state index contributed by atoms with van der Waals surface area (Å²) in [6, 6.07) is 0.354. The number of hydrogen-bond donors (Lipinski definition) is 1. The molecule has 2 saturated carbocycles. The maximum absolute atomic E-state index is 6.72. The fourth-order valence-corrected chi connectivity index (χ4v) is 5.08. The average Bonchev–Trinajstić information content (AvgIpc) is 2.63. The highest BCUT2D eigenvalue weighted by atomic mass is 14.8. The van der Waals surface area contributed by atoms with Gasteiger partial charge in [0.2, 0.25) is 0 Å². The molecule has 1 unspecified atom stereocenters. The van der Waals surface area contributed by atoms with Crippen molar-refractivity contribution in [2.24, 2.45) is 40.2 Å². The number of rotatable bonds is 1. The lowest BCUT2D eigenvalue weighted by Gasteiger charge is -2.48. The van der Waals surface area contributed by atoms with Crippen LogP contribution in [-0.4, -0.2) is 6.04 Å². The van der Waals surface area contributed by atoms with Crippen LogP contribution in [0.4, 0.5) is 0 Å². The van der Waals surface area contributed by atoms with Gasteiger partial charge in [0.05, 0.1) is 0 Å². The van der Waals surface area contributed by atoms with Crippen LogP contribution >= 0.6 is 0 Å². The van der Waals surface area contributed by atoms with Crippen molar-refractivity contribution in [3.8, 4) is 0 Å². The van der Waals surface area contributed by atoms with E-state index in [9.17, 15) is 0 Å². The molecule has 0 aromatic heterocycles. The van der Waals surface area contributed by atoms with E-state index in [1.807, 2.05) is 0 Å². The average molecular weight is 237 g/mol. The molecule has 1 heteroatoms. The van der Waals surface area contributed by atoms with Gasteiger partial charge in [-0.25, -0.2) is 0 Å². The quantitative estimate of drug-likeness (QED) is 0.731. The molecule has 100 valence electrons. The first-order valence-corrected chi connectivity index (χ1v) is 7.44. The van der Waals surface area contributed by atoms with Gasteiger partial charge in [-0.15, -0.1) is 0 Å². The van der Waals surface area contributed by atoms with Crippen molar-refractivity contribution in [1.29, 1.82) is 0 Å². The summed E-state index contributed by atoms with van der Waals surface area (Å²) in [4.78, 5) is 0. The minimum Gasteiger partial charge on any atom is -0.327 e. The van der Waals surface area contributed by atoms with Crippen molar-refractivity contribution >= 4 is 0 Å². The van der Waals surface area contributed by atoms with Crippen LogP contribution in [0.25, 0.3) is 0 Å². The summed E-state index contributed by atoms with van der Waals surface area (Å²) in [7, 11) is 0. The summed E-state index contributed by atoms with van der Waals surface area (Å²) in [6.07, 6.45) is 4.24. The second kappa shape index (κ2) is 3.98. The molecule has 0 aromatic carbocycles. The SMILES string of the molecule is CC(C)C1[C@H](N)C(C)(C)[C@@H]2CC[C@@H](C2)C1(C)C. The van der Waals surface area contributed by atoms with E-state index in [2.05, 4.69) is 41.5 Å². The summed E-state index contributed by atoms with van der Waals surface area (Å²) >= 11 is 0. The Balaban J connectivity index is 2.44. The highest BCUT2D eigenvalue weighted by molar-refractivity contribution is 5.06. The predicted octanol–water partition coefficient (Wildman–Crippen LogP) is 4.07. The van der Waals surface area contributed by atoms with Gasteiger partial charge >= 0.3 is 0 Å². The zero-order valence-corrected chi connectivity index (χ0v) is 12.6. The van der Waals surface area contributed by atoms with Gasteiger partial charge in [0, 0.05) is 6.04 Å². The molecule has 17 heavy (non-hydrogen) atoms. The minimum absolute atomic E-state index is 0.317. The Morgan fingerprint density at radius 1 is 0.941 bits per heavy atom. The van der Waals surface area contributed by atoms with E-state index in [0.717, 1.165) is 11.8 Å². The molecule has 2 N–H and O–H groups in total. The van der Waals surface area contributed by atoms with Crippen molar-refractivity contribution in [3.05, 3.63) is 0 Å². The fourth-order valence-electron chi connectivity index (χ4n) is 5.08. The lowest BCUT2D eigenvalue weighted by molar-refractivity contribution is 0.0305. The van der Waals surface area contributed by atoms with Crippen LogP contribution in [0.2, 0.25) is 0 Å². The largest absolute Gasteiger partial charge is 0.327 e. The van der Waals surface area contributed by atoms with E-state index in [-0.39, 0.29) is 0 Å². The van der Waals surface area contributed by atoms with Gasteiger partial charge in [-0.1, -0.05) is 41.5 Å². The monoisotopic (exact) mass is 237 g/mol. The molecule has 0 heterocycles. The summed E-state index contributed by atoms with van der Waals surface area (Å²) in [5.74, 6) is 3.10. The summed E-state index contributed by atoms with van der Waals surface area (Å²) in [6.45, 7) is 14.5. The standard InChI is InChI=1S/C16H31N/c1-10(2)13-14(17)16(5,6)12-8-7-11(9-12)15(13,3)4/h10-14H,7-9,17H2,1-6H3/t11-,12+,13?,14-/m0/s1. The second-order valence-corrected chi connectivity index (χ2v) is 8.15. The van der Waals surface area contributed by atoms with E-state index in [0.29, 0.717) is 28.7 Å². The van der Waals surface area contributed by atoms with Gasteiger partial charge in [-0.2, -0.15) is 0 Å². The fraction of sp³-hybridized carbons (Fsp3) is 1.00. The smallest absolute Gasteiger partial charge is 0.0129 e. The van der Waals surface area contributed by atoms with E-state index in [4.69, 9.17) is 5.73 Å². The van der Waals surface area contributed by atoms with Gasteiger partial charge < -0.3 is 5.73 Å². The Hall–Kier alpha value is -0.0400.